The van der Waals surface area contributed by atoms with Crippen molar-refractivity contribution >= 4 is 27.6 Å². The second-order valence-electron chi connectivity index (χ2n) is 3.58. The lowest BCUT2D eigenvalue weighted by Gasteiger charge is -2.15. The van der Waals surface area contributed by atoms with Gasteiger partial charge in [0, 0.05) is 16.2 Å². The van der Waals surface area contributed by atoms with Crippen molar-refractivity contribution < 1.29 is 9.90 Å². The van der Waals surface area contributed by atoms with Crippen LogP contribution >= 0.6 is 15.9 Å². The minimum atomic E-state index is -0.793. The minimum Gasteiger partial charge on any atom is -0.481 e. The van der Waals surface area contributed by atoms with E-state index >= 15 is 0 Å². The molecule has 1 atom stereocenters. The van der Waals surface area contributed by atoms with Gasteiger partial charge in [-0.3, -0.25) is 4.79 Å². The second kappa shape index (κ2) is 5.16. The number of halogens is 1. The van der Waals surface area contributed by atoms with Gasteiger partial charge in [-0.1, -0.05) is 12.1 Å². The summed E-state index contributed by atoms with van der Waals surface area (Å²) in [5, 5.41) is 11.8. The number of rotatable bonds is 4. The van der Waals surface area contributed by atoms with Crippen LogP contribution in [0.25, 0.3) is 0 Å². The van der Waals surface area contributed by atoms with Crippen molar-refractivity contribution in [2.24, 2.45) is 0 Å². The highest BCUT2D eigenvalue weighted by molar-refractivity contribution is 9.10. The predicted molar refractivity (Wildman–Crippen MR) is 64.2 cm³/mol. The summed E-state index contributed by atoms with van der Waals surface area (Å²) < 4.78 is 0.988. The molecule has 0 bridgehead atoms. The van der Waals surface area contributed by atoms with E-state index in [0.29, 0.717) is 0 Å². The maximum atomic E-state index is 10.5. The van der Waals surface area contributed by atoms with E-state index in [9.17, 15) is 4.79 Å². The predicted octanol–water partition coefficient (Wildman–Crippen LogP) is 3.03. The summed E-state index contributed by atoms with van der Waals surface area (Å²) >= 11 is 3.46. The molecule has 0 saturated carbocycles. The van der Waals surface area contributed by atoms with Crippen LogP contribution in [0.4, 0.5) is 5.69 Å². The number of aliphatic carboxylic acids is 1. The van der Waals surface area contributed by atoms with Gasteiger partial charge in [0.05, 0.1) is 6.42 Å². The monoisotopic (exact) mass is 271 g/mol. The van der Waals surface area contributed by atoms with Crippen molar-refractivity contribution in [3.63, 3.8) is 0 Å². The summed E-state index contributed by atoms with van der Waals surface area (Å²) in [6.45, 7) is 3.85. The summed E-state index contributed by atoms with van der Waals surface area (Å²) in [5.41, 5.74) is 2.06. The third kappa shape index (κ3) is 3.55. The van der Waals surface area contributed by atoms with E-state index in [4.69, 9.17) is 5.11 Å². The van der Waals surface area contributed by atoms with Crippen molar-refractivity contribution in [2.75, 3.05) is 5.32 Å². The van der Waals surface area contributed by atoms with Gasteiger partial charge >= 0.3 is 5.97 Å². The first-order valence-corrected chi connectivity index (χ1v) is 5.53. The molecule has 0 saturated heterocycles. The van der Waals surface area contributed by atoms with E-state index in [-0.39, 0.29) is 12.5 Å². The SMILES string of the molecule is Cc1cccc(NC(C)CC(=O)O)c1Br. The van der Waals surface area contributed by atoms with Crippen molar-refractivity contribution in [2.45, 2.75) is 26.3 Å². The fraction of sp³-hybridized carbons (Fsp3) is 0.364. The normalized spacial score (nSPS) is 12.2. The van der Waals surface area contributed by atoms with Crippen molar-refractivity contribution in [3.8, 4) is 0 Å². The molecule has 82 valence electrons. The van der Waals surface area contributed by atoms with Gasteiger partial charge in [0.15, 0.2) is 0 Å². The van der Waals surface area contributed by atoms with E-state index in [2.05, 4.69) is 21.2 Å². The molecule has 0 heterocycles. The molecule has 0 spiro atoms. The number of carboxylic acid groups (broad SMARTS) is 1. The highest BCUT2D eigenvalue weighted by Gasteiger charge is 2.09. The number of anilines is 1. The summed E-state index contributed by atoms with van der Waals surface area (Å²) in [6.07, 6.45) is 0.111. The zero-order valence-electron chi connectivity index (χ0n) is 8.75. The molecule has 0 radical (unpaired) electrons. The Morgan fingerprint density at radius 2 is 2.27 bits per heavy atom. The Morgan fingerprint density at radius 1 is 1.60 bits per heavy atom. The summed E-state index contributed by atoms with van der Waals surface area (Å²) in [5.74, 6) is -0.793. The van der Waals surface area contributed by atoms with Crippen LogP contribution in [0, 0.1) is 6.92 Å². The fourth-order valence-corrected chi connectivity index (χ4v) is 1.72. The topological polar surface area (TPSA) is 49.3 Å². The van der Waals surface area contributed by atoms with Crippen LogP contribution in [0.15, 0.2) is 22.7 Å². The van der Waals surface area contributed by atoms with Gasteiger partial charge in [-0.25, -0.2) is 0 Å². The van der Waals surface area contributed by atoms with Gasteiger partial charge in [-0.15, -0.1) is 0 Å². The average molecular weight is 272 g/mol. The second-order valence-corrected chi connectivity index (χ2v) is 4.37. The van der Waals surface area contributed by atoms with Crippen LogP contribution in [0.2, 0.25) is 0 Å². The van der Waals surface area contributed by atoms with Gasteiger partial charge < -0.3 is 10.4 Å². The van der Waals surface area contributed by atoms with Gasteiger partial charge in [0.2, 0.25) is 0 Å². The van der Waals surface area contributed by atoms with Crippen LogP contribution < -0.4 is 5.32 Å². The third-order valence-corrected chi connectivity index (χ3v) is 3.13. The van der Waals surface area contributed by atoms with E-state index in [1.54, 1.807) is 0 Å². The molecule has 2 N–H and O–H groups in total. The Kier molecular flexibility index (Phi) is 4.15. The van der Waals surface area contributed by atoms with Gasteiger partial charge in [0.25, 0.3) is 0 Å². The van der Waals surface area contributed by atoms with Crippen LogP contribution in [-0.2, 0) is 4.79 Å². The largest absolute Gasteiger partial charge is 0.481 e. The van der Waals surface area contributed by atoms with Crippen molar-refractivity contribution in [1.82, 2.24) is 0 Å². The van der Waals surface area contributed by atoms with Crippen molar-refractivity contribution in [3.05, 3.63) is 28.2 Å². The van der Waals surface area contributed by atoms with Crippen LogP contribution in [0.1, 0.15) is 18.9 Å². The minimum absolute atomic E-state index is 0.0828. The van der Waals surface area contributed by atoms with Gasteiger partial charge in [-0.2, -0.15) is 0 Å². The third-order valence-electron chi connectivity index (χ3n) is 2.07. The van der Waals surface area contributed by atoms with E-state index in [1.165, 1.54) is 0 Å². The number of aryl methyl sites for hydroxylation is 1. The van der Waals surface area contributed by atoms with E-state index < -0.39 is 5.97 Å². The molecule has 1 aromatic rings. The summed E-state index contributed by atoms with van der Waals surface area (Å²) in [6, 6.07) is 5.78. The molecule has 0 fully saturated rings. The number of carbonyl (C=O) groups is 1. The zero-order valence-corrected chi connectivity index (χ0v) is 10.3. The number of benzene rings is 1. The lowest BCUT2D eigenvalue weighted by Crippen LogP contribution is -2.19. The molecular weight excluding hydrogens is 258 g/mol. The Labute approximate surface area is 97.6 Å². The lowest BCUT2D eigenvalue weighted by atomic mass is 10.2. The summed E-state index contributed by atoms with van der Waals surface area (Å²) in [7, 11) is 0. The number of carboxylic acids is 1. The Morgan fingerprint density at radius 3 is 2.87 bits per heavy atom. The van der Waals surface area contributed by atoms with Crippen LogP contribution in [0.3, 0.4) is 0 Å². The highest BCUT2D eigenvalue weighted by Crippen LogP contribution is 2.26. The van der Waals surface area contributed by atoms with E-state index in [0.717, 1.165) is 15.7 Å². The molecule has 4 heteroatoms. The Hall–Kier alpha value is -1.03. The van der Waals surface area contributed by atoms with Crippen LogP contribution in [-0.4, -0.2) is 17.1 Å². The number of hydrogen-bond donors (Lipinski definition) is 2. The Bertz CT molecular complexity index is 366. The first-order chi connectivity index (χ1) is 7.00. The molecule has 0 aliphatic heterocycles. The zero-order chi connectivity index (χ0) is 11.4. The van der Waals surface area contributed by atoms with Gasteiger partial charge in [0.1, 0.15) is 0 Å². The lowest BCUT2D eigenvalue weighted by molar-refractivity contribution is -0.137. The molecule has 1 rings (SSSR count). The molecule has 0 amide bonds. The molecule has 15 heavy (non-hydrogen) atoms. The van der Waals surface area contributed by atoms with Crippen molar-refractivity contribution in [1.29, 1.82) is 0 Å². The molecular formula is C11H14BrNO2. The standard InChI is InChI=1S/C11H14BrNO2/c1-7-4-3-5-9(11(7)12)13-8(2)6-10(14)15/h3-5,8,13H,6H2,1-2H3,(H,14,15). The fourth-order valence-electron chi connectivity index (χ4n) is 1.34. The first-order valence-electron chi connectivity index (χ1n) is 4.74. The highest BCUT2D eigenvalue weighted by atomic mass is 79.9. The van der Waals surface area contributed by atoms with Crippen LogP contribution in [0.5, 0.6) is 0 Å². The summed E-state index contributed by atoms with van der Waals surface area (Å²) in [4.78, 5) is 10.5. The molecule has 1 aromatic carbocycles. The number of nitrogens with one attached hydrogen (secondary N) is 1. The maximum Gasteiger partial charge on any atom is 0.305 e. The Balaban J connectivity index is 2.72. The molecule has 3 nitrogen and oxygen atoms in total. The number of hydrogen-bond acceptors (Lipinski definition) is 2. The molecule has 0 aliphatic carbocycles. The molecule has 0 aromatic heterocycles. The average Bonchev–Trinajstić information content (AvgIpc) is 2.11. The van der Waals surface area contributed by atoms with E-state index in [1.807, 2.05) is 32.0 Å². The first kappa shape index (κ1) is 12.0. The van der Waals surface area contributed by atoms with Gasteiger partial charge in [-0.05, 0) is 41.4 Å². The molecule has 0 aliphatic rings. The smallest absolute Gasteiger partial charge is 0.305 e. The molecule has 1 unspecified atom stereocenters. The quantitative estimate of drug-likeness (QED) is 0.885. The maximum absolute atomic E-state index is 10.5.